The lowest BCUT2D eigenvalue weighted by molar-refractivity contribution is 1.08. The zero-order valence-corrected chi connectivity index (χ0v) is 11.9. The van der Waals surface area contributed by atoms with Gasteiger partial charge >= 0.3 is 0 Å². The number of pyridine rings is 1. The number of hydrogen-bond acceptors (Lipinski definition) is 5. The van der Waals surface area contributed by atoms with E-state index in [4.69, 9.17) is 0 Å². The predicted molar refractivity (Wildman–Crippen MR) is 81.6 cm³/mol. The molecule has 1 N–H and O–H groups in total. The van der Waals surface area contributed by atoms with E-state index in [0.717, 1.165) is 23.1 Å². The van der Waals surface area contributed by atoms with Gasteiger partial charge in [-0.1, -0.05) is 30.3 Å². The topological polar surface area (TPSA) is 50.7 Å². The molecule has 0 bridgehead atoms. The lowest BCUT2D eigenvalue weighted by Crippen LogP contribution is -2.01. The van der Waals surface area contributed by atoms with Gasteiger partial charge in [0.05, 0.1) is 0 Å². The Hall–Kier alpha value is -2.27. The molecule has 0 amide bonds. The highest BCUT2D eigenvalue weighted by molar-refractivity contribution is 7.09. The normalized spacial score (nSPS) is 10.4. The van der Waals surface area contributed by atoms with Crippen molar-refractivity contribution in [1.29, 1.82) is 0 Å². The fourth-order valence-corrected chi connectivity index (χ4v) is 2.45. The molecule has 1 aromatic carbocycles. The van der Waals surface area contributed by atoms with Crippen molar-refractivity contribution in [3.8, 4) is 11.4 Å². The molecule has 3 aromatic rings. The first-order valence-corrected chi connectivity index (χ1v) is 7.13. The van der Waals surface area contributed by atoms with Crippen LogP contribution in [0.5, 0.6) is 0 Å². The van der Waals surface area contributed by atoms with Crippen LogP contribution in [0.4, 0.5) is 5.13 Å². The molecule has 0 radical (unpaired) electrons. The third kappa shape index (κ3) is 2.83. The molecule has 20 heavy (non-hydrogen) atoms. The van der Waals surface area contributed by atoms with E-state index in [0.29, 0.717) is 0 Å². The summed E-state index contributed by atoms with van der Waals surface area (Å²) in [5, 5.41) is 4.14. The lowest BCUT2D eigenvalue weighted by atomic mass is 10.2. The van der Waals surface area contributed by atoms with E-state index < -0.39 is 0 Å². The van der Waals surface area contributed by atoms with E-state index in [1.807, 2.05) is 42.6 Å². The summed E-state index contributed by atoms with van der Waals surface area (Å²) in [6.07, 6.45) is 3.67. The summed E-state index contributed by atoms with van der Waals surface area (Å²) in [5.41, 5.74) is 3.43. The predicted octanol–water partition coefficient (Wildman–Crippen LogP) is 3.52. The Labute approximate surface area is 121 Å². The standard InChI is InChI=1S/C15H14N4S/c1-11-9-16-8-7-13(11)10-17-15-18-14(19-20-15)12-5-3-2-4-6-12/h2-9H,10H2,1H3,(H,17,18,19). The maximum Gasteiger partial charge on any atom is 0.203 e. The van der Waals surface area contributed by atoms with Crippen LogP contribution >= 0.6 is 11.5 Å². The molecular formula is C15H14N4S. The van der Waals surface area contributed by atoms with Crippen molar-refractivity contribution >= 4 is 16.7 Å². The second kappa shape index (κ2) is 5.79. The van der Waals surface area contributed by atoms with Gasteiger partial charge in [-0.3, -0.25) is 4.98 Å². The number of nitrogens with zero attached hydrogens (tertiary/aromatic N) is 3. The van der Waals surface area contributed by atoms with Crippen LogP contribution in [-0.4, -0.2) is 14.3 Å². The summed E-state index contributed by atoms with van der Waals surface area (Å²) in [6.45, 7) is 2.79. The van der Waals surface area contributed by atoms with Crippen molar-refractivity contribution in [2.45, 2.75) is 13.5 Å². The zero-order valence-electron chi connectivity index (χ0n) is 11.1. The van der Waals surface area contributed by atoms with Gasteiger partial charge in [-0.15, -0.1) is 0 Å². The van der Waals surface area contributed by atoms with Crippen LogP contribution in [0.1, 0.15) is 11.1 Å². The molecule has 5 heteroatoms. The van der Waals surface area contributed by atoms with E-state index in [2.05, 4.69) is 26.6 Å². The van der Waals surface area contributed by atoms with Crippen molar-refractivity contribution in [2.24, 2.45) is 0 Å². The van der Waals surface area contributed by atoms with Gasteiger partial charge in [-0.25, -0.2) is 0 Å². The molecule has 2 heterocycles. The summed E-state index contributed by atoms with van der Waals surface area (Å²) in [5.74, 6) is 0.768. The summed E-state index contributed by atoms with van der Waals surface area (Å²) < 4.78 is 4.38. The van der Waals surface area contributed by atoms with Crippen molar-refractivity contribution in [3.63, 3.8) is 0 Å². The van der Waals surface area contributed by atoms with E-state index in [1.165, 1.54) is 22.7 Å². The summed E-state index contributed by atoms with van der Waals surface area (Å²) >= 11 is 1.38. The van der Waals surface area contributed by atoms with Crippen molar-refractivity contribution in [2.75, 3.05) is 5.32 Å². The molecule has 100 valence electrons. The second-order valence-electron chi connectivity index (χ2n) is 4.44. The highest BCUT2D eigenvalue weighted by atomic mass is 32.1. The van der Waals surface area contributed by atoms with Gasteiger partial charge in [0.15, 0.2) is 5.82 Å². The monoisotopic (exact) mass is 282 g/mol. The van der Waals surface area contributed by atoms with Crippen molar-refractivity contribution in [1.82, 2.24) is 14.3 Å². The summed E-state index contributed by atoms with van der Waals surface area (Å²) in [7, 11) is 0. The summed E-state index contributed by atoms with van der Waals surface area (Å²) in [6, 6.07) is 12.0. The number of aromatic nitrogens is 3. The molecule has 0 aliphatic heterocycles. The quantitative estimate of drug-likeness (QED) is 0.795. The smallest absolute Gasteiger partial charge is 0.203 e. The highest BCUT2D eigenvalue weighted by Crippen LogP contribution is 2.21. The Morgan fingerprint density at radius 3 is 2.80 bits per heavy atom. The minimum Gasteiger partial charge on any atom is -0.356 e. The summed E-state index contributed by atoms with van der Waals surface area (Å²) in [4.78, 5) is 8.60. The molecular weight excluding hydrogens is 268 g/mol. The van der Waals surface area contributed by atoms with Gasteiger partial charge in [-0.2, -0.15) is 9.36 Å². The first kappa shape index (κ1) is 12.7. The number of aryl methyl sites for hydroxylation is 1. The Morgan fingerprint density at radius 1 is 1.15 bits per heavy atom. The lowest BCUT2D eigenvalue weighted by Gasteiger charge is -2.04. The zero-order chi connectivity index (χ0) is 13.8. The maximum atomic E-state index is 4.51. The van der Waals surface area contributed by atoms with Crippen LogP contribution in [-0.2, 0) is 6.54 Å². The van der Waals surface area contributed by atoms with Gasteiger partial charge in [0.1, 0.15) is 0 Å². The fraction of sp³-hybridized carbons (Fsp3) is 0.133. The number of anilines is 1. The van der Waals surface area contributed by atoms with Gasteiger partial charge in [0.2, 0.25) is 5.13 Å². The molecule has 0 spiro atoms. The average molecular weight is 282 g/mol. The molecule has 0 aliphatic carbocycles. The van der Waals surface area contributed by atoms with Gasteiger partial charge in [0, 0.05) is 36.0 Å². The molecule has 0 atom stereocenters. The number of benzene rings is 1. The molecule has 0 saturated carbocycles. The van der Waals surface area contributed by atoms with Crippen LogP contribution in [0.25, 0.3) is 11.4 Å². The van der Waals surface area contributed by atoms with Crippen LogP contribution in [0.15, 0.2) is 48.8 Å². The number of hydrogen-bond donors (Lipinski definition) is 1. The minimum absolute atomic E-state index is 0.734. The van der Waals surface area contributed by atoms with Crippen LogP contribution in [0.2, 0.25) is 0 Å². The molecule has 0 aliphatic rings. The van der Waals surface area contributed by atoms with Gasteiger partial charge < -0.3 is 5.32 Å². The Morgan fingerprint density at radius 2 is 2.00 bits per heavy atom. The van der Waals surface area contributed by atoms with Crippen molar-refractivity contribution in [3.05, 3.63) is 59.9 Å². The van der Waals surface area contributed by atoms with E-state index in [1.54, 1.807) is 6.20 Å². The maximum absolute atomic E-state index is 4.51. The van der Waals surface area contributed by atoms with Gasteiger partial charge in [-0.05, 0) is 24.1 Å². The number of nitrogens with one attached hydrogen (secondary N) is 1. The average Bonchev–Trinajstić information content (AvgIpc) is 2.96. The molecule has 2 aromatic heterocycles. The van der Waals surface area contributed by atoms with Gasteiger partial charge in [0.25, 0.3) is 0 Å². The Balaban J connectivity index is 1.71. The molecule has 0 unspecified atom stereocenters. The van der Waals surface area contributed by atoms with E-state index in [9.17, 15) is 0 Å². The van der Waals surface area contributed by atoms with E-state index >= 15 is 0 Å². The highest BCUT2D eigenvalue weighted by Gasteiger charge is 2.06. The van der Waals surface area contributed by atoms with Crippen molar-refractivity contribution < 1.29 is 0 Å². The first-order valence-electron chi connectivity index (χ1n) is 6.35. The minimum atomic E-state index is 0.734. The van der Waals surface area contributed by atoms with E-state index in [-0.39, 0.29) is 0 Å². The third-order valence-corrected chi connectivity index (χ3v) is 3.70. The Kier molecular flexibility index (Phi) is 3.69. The fourth-order valence-electron chi connectivity index (χ4n) is 1.87. The third-order valence-electron chi connectivity index (χ3n) is 3.02. The van der Waals surface area contributed by atoms with Crippen LogP contribution in [0, 0.1) is 6.92 Å². The Bertz CT molecular complexity index is 694. The molecule has 0 saturated heterocycles. The SMILES string of the molecule is Cc1cnccc1CNc1nc(-c2ccccc2)ns1. The first-order chi connectivity index (χ1) is 9.83. The molecule has 4 nitrogen and oxygen atoms in total. The largest absolute Gasteiger partial charge is 0.356 e. The van der Waals surface area contributed by atoms with Crippen LogP contribution in [0.3, 0.4) is 0 Å². The number of rotatable bonds is 4. The molecule has 0 fully saturated rings. The second-order valence-corrected chi connectivity index (χ2v) is 5.20. The van der Waals surface area contributed by atoms with Crippen LogP contribution < -0.4 is 5.32 Å². The molecule has 3 rings (SSSR count).